The first kappa shape index (κ1) is 13.1. The van der Waals surface area contributed by atoms with Crippen molar-refractivity contribution in [3.63, 3.8) is 0 Å². The van der Waals surface area contributed by atoms with E-state index in [9.17, 15) is 4.79 Å². The van der Waals surface area contributed by atoms with Gasteiger partial charge in [0.05, 0.1) is 16.7 Å². The van der Waals surface area contributed by atoms with Crippen LogP contribution in [0.15, 0.2) is 36.7 Å². The summed E-state index contributed by atoms with van der Waals surface area (Å²) < 4.78 is 3.64. The second kappa shape index (κ2) is 4.90. The highest BCUT2D eigenvalue weighted by atomic mass is 16.4. The van der Waals surface area contributed by atoms with Crippen LogP contribution in [0.25, 0.3) is 22.9 Å². The molecule has 0 unspecified atom stereocenters. The maximum absolute atomic E-state index is 10.8. The van der Waals surface area contributed by atoms with E-state index in [0.29, 0.717) is 0 Å². The van der Waals surface area contributed by atoms with Gasteiger partial charge in [-0.2, -0.15) is 5.10 Å². The van der Waals surface area contributed by atoms with Crippen molar-refractivity contribution in [3.8, 4) is 5.82 Å². The zero-order chi connectivity index (χ0) is 15.0. The van der Waals surface area contributed by atoms with Crippen molar-refractivity contribution in [2.75, 3.05) is 0 Å². The van der Waals surface area contributed by atoms with E-state index < -0.39 is 5.97 Å². The van der Waals surface area contributed by atoms with Gasteiger partial charge in [-0.3, -0.25) is 9.25 Å². The first-order valence-electron chi connectivity index (χ1n) is 6.45. The molecule has 3 rings (SSSR count). The summed E-state index contributed by atoms with van der Waals surface area (Å²) in [6.45, 7) is 1.85. The SMILES string of the molecule is Cc1nn(C)c(-n2cnc3ccccc32)c1/C=C/C(=O)O. The van der Waals surface area contributed by atoms with E-state index in [-0.39, 0.29) is 0 Å². The van der Waals surface area contributed by atoms with Crippen LogP contribution in [-0.2, 0) is 11.8 Å². The molecule has 0 aliphatic carbocycles. The minimum absolute atomic E-state index is 0.766. The van der Waals surface area contributed by atoms with Gasteiger partial charge in [0.25, 0.3) is 0 Å². The number of aromatic nitrogens is 4. The summed E-state index contributed by atoms with van der Waals surface area (Å²) in [5, 5.41) is 13.2. The molecule has 1 N–H and O–H groups in total. The van der Waals surface area contributed by atoms with Crippen LogP contribution < -0.4 is 0 Å². The minimum Gasteiger partial charge on any atom is -0.478 e. The van der Waals surface area contributed by atoms with E-state index in [0.717, 1.165) is 34.2 Å². The Balaban J connectivity index is 2.25. The molecule has 3 aromatic rings. The summed E-state index contributed by atoms with van der Waals surface area (Å²) in [7, 11) is 1.83. The van der Waals surface area contributed by atoms with Gasteiger partial charge >= 0.3 is 5.97 Å². The monoisotopic (exact) mass is 282 g/mol. The lowest BCUT2D eigenvalue weighted by Gasteiger charge is -2.06. The molecule has 0 saturated heterocycles. The van der Waals surface area contributed by atoms with Crippen molar-refractivity contribution in [3.05, 3.63) is 47.9 Å². The fourth-order valence-electron chi connectivity index (χ4n) is 2.43. The molecule has 0 spiro atoms. The molecule has 0 aliphatic rings. The predicted molar refractivity (Wildman–Crippen MR) is 79.2 cm³/mol. The van der Waals surface area contributed by atoms with E-state index in [4.69, 9.17) is 5.11 Å². The van der Waals surface area contributed by atoms with E-state index in [1.165, 1.54) is 0 Å². The Morgan fingerprint density at radius 2 is 2.10 bits per heavy atom. The Morgan fingerprint density at radius 1 is 1.33 bits per heavy atom. The molecule has 2 aromatic heterocycles. The molecule has 1 aromatic carbocycles. The Hall–Kier alpha value is -2.89. The third-order valence-corrected chi connectivity index (χ3v) is 3.31. The highest BCUT2D eigenvalue weighted by Crippen LogP contribution is 2.23. The van der Waals surface area contributed by atoms with Gasteiger partial charge in [0.15, 0.2) is 0 Å². The van der Waals surface area contributed by atoms with Gasteiger partial charge in [-0.25, -0.2) is 9.78 Å². The number of imidazole rings is 1. The molecular formula is C15H14N4O2. The number of benzene rings is 1. The molecule has 6 heteroatoms. The van der Waals surface area contributed by atoms with Gasteiger partial charge < -0.3 is 5.11 Å². The van der Waals surface area contributed by atoms with Crippen molar-refractivity contribution in [1.82, 2.24) is 19.3 Å². The number of aryl methyl sites for hydroxylation is 2. The number of fused-ring (bicyclic) bond motifs is 1. The van der Waals surface area contributed by atoms with Crippen LogP contribution in [0.1, 0.15) is 11.3 Å². The standard InChI is InChI=1S/C15H14N4O2/c1-10-11(7-8-14(20)21)15(18(2)17-10)19-9-16-12-5-3-4-6-13(12)19/h3-9H,1-2H3,(H,20,21)/b8-7+. The molecule has 21 heavy (non-hydrogen) atoms. The van der Waals surface area contributed by atoms with Crippen LogP contribution in [0.4, 0.5) is 0 Å². The predicted octanol–water partition coefficient (Wildman–Crippen LogP) is 2.17. The van der Waals surface area contributed by atoms with Crippen molar-refractivity contribution < 1.29 is 9.90 Å². The maximum atomic E-state index is 10.8. The number of rotatable bonds is 3. The van der Waals surface area contributed by atoms with Gasteiger partial charge in [0.2, 0.25) is 0 Å². The summed E-state index contributed by atoms with van der Waals surface area (Å²) in [5.41, 5.74) is 3.36. The van der Waals surface area contributed by atoms with E-state index in [2.05, 4.69) is 10.1 Å². The van der Waals surface area contributed by atoms with Crippen molar-refractivity contribution in [1.29, 1.82) is 0 Å². The Kier molecular flexibility index (Phi) is 3.06. The minimum atomic E-state index is -0.986. The van der Waals surface area contributed by atoms with Gasteiger partial charge in [0, 0.05) is 18.7 Å². The lowest BCUT2D eigenvalue weighted by atomic mass is 10.2. The molecule has 0 saturated carbocycles. The van der Waals surface area contributed by atoms with Crippen LogP contribution >= 0.6 is 0 Å². The number of para-hydroxylation sites is 2. The van der Waals surface area contributed by atoms with E-state index >= 15 is 0 Å². The number of carbonyl (C=O) groups is 1. The Bertz CT molecular complexity index is 858. The average Bonchev–Trinajstić information content (AvgIpc) is 2.97. The zero-order valence-electron chi connectivity index (χ0n) is 11.7. The molecular weight excluding hydrogens is 268 g/mol. The quantitative estimate of drug-likeness (QED) is 0.747. The third kappa shape index (κ3) is 2.20. The molecule has 2 heterocycles. The average molecular weight is 282 g/mol. The second-order valence-electron chi connectivity index (χ2n) is 4.72. The van der Waals surface area contributed by atoms with Gasteiger partial charge in [-0.05, 0) is 25.1 Å². The van der Waals surface area contributed by atoms with Crippen LogP contribution in [-0.4, -0.2) is 30.4 Å². The number of carboxylic acids is 1. The molecule has 0 fully saturated rings. The summed E-state index contributed by atoms with van der Waals surface area (Å²) in [6, 6.07) is 7.77. The zero-order valence-corrected chi connectivity index (χ0v) is 11.7. The maximum Gasteiger partial charge on any atom is 0.328 e. The number of aliphatic carboxylic acids is 1. The molecule has 0 aliphatic heterocycles. The lowest BCUT2D eigenvalue weighted by Crippen LogP contribution is -2.03. The number of nitrogens with zero attached hydrogens (tertiary/aromatic N) is 4. The first-order chi connectivity index (χ1) is 10.1. The van der Waals surface area contributed by atoms with E-state index in [1.807, 2.05) is 42.8 Å². The summed E-state index contributed by atoms with van der Waals surface area (Å²) in [4.78, 5) is 15.1. The molecule has 6 nitrogen and oxygen atoms in total. The summed E-state index contributed by atoms with van der Waals surface area (Å²) in [6.07, 6.45) is 4.40. The molecule has 0 amide bonds. The largest absolute Gasteiger partial charge is 0.478 e. The van der Waals surface area contributed by atoms with E-state index in [1.54, 1.807) is 17.1 Å². The van der Waals surface area contributed by atoms with Gasteiger partial charge in [0.1, 0.15) is 12.1 Å². The fourth-order valence-corrected chi connectivity index (χ4v) is 2.43. The molecule has 0 atom stereocenters. The summed E-state index contributed by atoms with van der Waals surface area (Å²) >= 11 is 0. The van der Waals surface area contributed by atoms with Crippen LogP contribution in [0.5, 0.6) is 0 Å². The van der Waals surface area contributed by atoms with Crippen molar-refractivity contribution in [2.24, 2.45) is 7.05 Å². The molecule has 106 valence electrons. The highest BCUT2D eigenvalue weighted by molar-refractivity contribution is 5.87. The smallest absolute Gasteiger partial charge is 0.328 e. The van der Waals surface area contributed by atoms with Crippen LogP contribution in [0.2, 0.25) is 0 Å². The van der Waals surface area contributed by atoms with Gasteiger partial charge in [-0.1, -0.05) is 12.1 Å². The van der Waals surface area contributed by atoms with Crippen LogP contribution in [0.3, 0.4) is 0 Å². The lowest BCUT2D eigenvalue weighted by molar-refractivity contribution is -0.131. The third-order valence-electron chi connectivity index (χ3n) is 3.31. The second-order valence-corrected chi connectivity index (χ2v) is 4.72. The Morgan fingerprint density at radius 3 is 2.86 bits per heavy atom. The number of hydrogen-bond acceptors (Lipinski definition) is 3. The molecule has 0 radical (unpaired) electrons. The first-order valence-corrected chi connectivity index (χ1v) is 6.45. The number of hydrogen-bond donors (Lipinski definition) is 1. The van der Waals surface area contributed by atoms with Crippen molar-refractivity contribution in [2.45, 2.75) is 6.92 Å². The fraction of sp³-hybridized carbons (Fsp3) is 0.133. The summed E-state index contributed by atoms with van der Waals surface area (Å²) in [5.74, 6) is -0.196. The molecule has 0 bridgehead atoms. The van der Waals surface area contributed by atoms with Crippen LogP contribution in [0, 0.1) is 6.92 Å². The van der Waals surface area contributed by atoms with Crippen molar-refractivity contribution >= 4 is 23.1 Å². The van der Waals surface area contributed by atoms with Gasteiger partial charge in [-0.15, -0.1) is 0 Å². The number of carboxylic acid groups (broad SMARTS) is 1. The highest BCUT2D eigenvalue weighted by Gasteiger charge is 2.15. The topological polar surface area (TPSA) is 72.9 Å². The normalized spacial score (nSPS) is 11.5. The Labute approximate surface area is 121 Å².